The first kappa shape index (κ1) is 29.2. The smallest absolute Gasteiger partial charge is 0.242 e. The van der Waals surface area contributed by atoms with Crippen LogP contribution in [0.5, 0.6) is 5.75 Å². The van der Waals surface area contributed by atoms with Crippen LogP contribution in [0.1, 0.15) is 46.1 Å². The van der Waals surface area contributed by atoms with E-state index in [0.717, 1.165) is 11.8 Å². The minimum absolute atomic E-state index is 0.100. The van der Waals surface area contributed by atoms with Crippen LogP contribution in [-0.2, 0) is 26.0 Å². The van der Waals surface area contributed by atoms with Gasteiger partial charge in [0.15, 0.2) is 0 Å². The number of amides is 2. The van der Waals surface area contributed by atoms with E-state index in [0.29, 0.717) is 30.8 Å². The highest BCUT2D eigenvalue weighted by Gasteiger charge is 2.28. The average molecular weight is 518 g/mol. The quantitative estimate of drug-likeness (QED) is 0.464. The van der Waals surface area contributed by atoms with Gasteiger partial charge in [-0.3, -0.25) is 13.9 Å². The molecule has 2 aromatic rings. The van der Waals surface area contributed by atoms with Gasteiger partial charge < -0.3 is 15.0 Å². The van der Waals surface area contributed by atoms with Crippen LogP contribution in [0.3, 0.4) is 0 Å². The van der Waals surface area contributed by atoms with Crippen molar-refractivity contribution >= 4 is 27.5 Å². The molecule has 9 heteroatoms. The van der Waals surface area contributed by atoms with Crippen molar-refractivity contribution in [2.24, 2.45) is 0 Å². The highest BCUT2D eigenvalue weighted by molar-refractivity contribution is 7.92. The standard InChI is InChI=1S/C27H39N3O5S/c1-21(26(32)28-27(2,3)4)29(20-18-22-13-8-7-9-14-22)25(31)17-12-19-30(36(6,33)34)23-15-10-11-16-24(23)35-5/h7-11,13-16,21H,12,17-20H2,1-6H3,(H,28,32)/t21-/m0/s1. The van der Waals surface area contributed by atoms with E-state index in [1.807, 2.05) is 51.1 Å². The minimum Gasteiger partial charge on any atom is -0.495 e. The summed E-state index contributed by atoms with van der Waals surface area (Å²) >= 11 is 0. The van der Waals surface area contributed by atoms with Crippen molar-refractivity contribution in [1.29, 1.82) is 0 Å². The number of methoxy groups -OCH3 is 1. The Morgan fingerprint density at radius 3 is 2.19 bits per heavy atom. The van der Waals surface area contributed by atoms with E-state index >= 15 is 0 Å². The highest BCUT2D eigenvalue weighted by Crippen LogP contribution is 2.29. The molecule has 0 radical (unpaired) electrons. The summed E-state index contributed by atoms with van der Waals surface area (Å²) < 4.78 is 31.6. The summed E-state index contributed by atoms with van der Waals surface area (Å²) in [7, 11) is -2.12. The number of ether oxygens (including phenoxy) is 1. The van der Waals surface area contributed by atoms with E-state index in [1.54, 1.807) is 36.1 Å². The van der Waals surface area contributed by atoms with Gasteiger partial charge in [-0.25, -0.2) is 8.42 Å². The van der Waals surface area contributed by atoms with Gasteiger partial charge in [-0.05, 0) is 58.2 Å². The van der Waals surface area contributed by atoms with Crippen LogP contribution >= 0.6 is 0 Å². The molecule has 198 valence electrons. The number of nitrogens with one attached hydrogen (secondary N) is 1. The third-order valence-corrected chi connectivity index (χ3v) is 6.84. The maximum Gasteiger partial charge on any atom is 0.242 e. The summed E-state index contributed by atoms with van der Waals surface area (Å²) in [6, 6.07) is 16.0. The van der Waals surface area contributed by atoms with Crippen LogP contribution in [0.4, 0.5) is 5.69 Å². The summed E-state index contributed by atoms with van der Waals surface area (Å²) in [6.45, 7) is 7.90. The lowest BCUT2D eigenvalue weighted by Crippen LogP contribution is -2.53. The maximum absolute atomic E-state index is 13.3. The Kier molecular flexibility index (Phi) is 10.3. The molecule has 1 N–H and O–H groups in total. The Morgan fingerprint density at radius 2 is 1.61 bits per heavy atom. The summed E-state index contributed by atoms with van der Waals surface area (Å²) in [5, 5.41) is 2.95. The van der Waals surface area contributed by atoms with Crippen molar-refractivity contribution in [2.45, 2.75) is 58.5 Å². The molecule has 0 aliphatic rings. The van der Waals surface area contributed by atoms with Crippen LogP contribution in [0.25, 0.3) is 0 Å². The molecule has 2 amide bonds. The number of hydrogen-bond donors (Lipinski definition) is 1. The van der Waals surface area contributed by atoms with E-state index < -0.39 is 21.6 Å². The molecule has 8 nitrogen and oxygen atoms in total. The second kappa shape index (κ2) is 12.8. The van der Waals surface area contributed by atoms with E-state index in [-0.39, 0.29) is 24.8 Å². The van der Waals surface area contributed by atoms with Crippen molar-refractivity contribution in [2.75, 3.05) is 30.8 Å². The molecule has 0 unspecified atom stereocenters. The van der Waals surface area contributed by atoms with Crippen LogP contribution in [-0.4, -0.2) is 63.2 Å². The lowest BCUT2D eigenvalue weighted by Gasteiger charge is -2.32. The van der Waals surface area contributed by atoms with Crippen molar-refractivity contribution in [3.05, 3.63) is 60.2 Å². The fourth-order valence-corrected chi connectivity index (χ4v) is 4.83. The molecule has 36 heavy (non-hydrogen) atoms. The molecule has 0 aliphatic carbocycles. The third-order valence-electron chi connectivity index (χ3n) is 5.66. The Morgan fingerprint density at radius 1 is 1.00 bits per heavy atom. The Labute approximate surface area is 215 Å². The van der Waals surface area contributed by atoms with Crippen molar-refractivity contribution < 1.29 is 22.7 Å². The number of nitrogens with zero attached hydrogens (tertiary/aromatic N) is 2. The molecule has 0 aromatic heterocycles. The number of rotatable bonds is 12. The summed E-state index contributed by atoms with van der Waals surface area (Å²) in [6.07, 6.45) is 2.13. The molecule has 2 rings (SSSR count). The number of benzene rings is 2. The van der Waals surface area contributed by atoms with E-state index in [9.17, 15) is 18.0 Å². The fourth-order valence-electron chi connectivity index (χ4n) is 3.86. The van der Waals surface area contributed by atoms with Crippen LogP contribution in [0, 0.1) is 0 Å². The van der Waals surface area contributed by atoms with Gasteiger partial charge in [-0.15, -0.1) is 0 Å². The molecule has 0 spiro atoms. The van der Waals surface area contributed by atoms with Crippen molar-refractivity contribution in [1.82, 2.24) is 10.2 Å². The number of sulfonamides is 1. The largest absolute Gasteiger partial charge is 0.495 e. The zero-order valence-electron chi connectivity index (χ0n) is 22.2. The van der Waals surface area contributed by atoms with Gasteiger partial charge >= 0.3 is 0 Å². The van der Waals surface area contributed by atoms with Crippen LogP contribution in [0.15, 0.2) is 54.6 Å². The number of carbonyl (C=O) groups is 2. The second-order valence-electron chi connectivity index (χ2n) is 9.85. The average Bonchev–Trinajstić information content (AvgIpc) is 2.80. The Hall–Kier alpha value is -3.07. The van der Waals surface area contributed by atoms with Gasteiger partial charge in [0.25, 0.3) is 0 Å². The van der Waals surface area contributed by atoms with Gasteiger partial charge in [-0.2, -0.15) is 0 Å². The predicted molar refractivity (Wildman–Crippen MR) is 144 cm³/mol. The predicted octanol–water partition coefficient (Wildman–Crippen LogP) is 3.62. The SMILES string of the molecule is COc1ccccc1N(CCCC(=O)N(CCc1ccccc1)[C@@H](C)C(=O)NC(C)(C)C)S(C)(=O)=O. The van der Waals surface area contributed by atoms with Crippen molar-refractivity contribution in [3.63, 3.8) is 0 Å². The lowest BCUT2D eigenvalue weighted by atomic mass is 10.1. The zero-order chi connectivity index (χ0) is 26.9. The van der Waals surface area contributed by atoms with Crippen molar-refractivity contribution in [3.8, 4) is 5.75 Å². The summed E-state index contributed by atoms with van der Waals surface area (Å²) in [5.41, 5.74) is 1.07. The number of hydrogen-bond acceptors (Lipinski definition) is 5. The molecule has 0 bridgehead atoms. The Bertz CT molecular complexity index is 1110. The Balaban J connectivity index is 2.16. The maximum atomic E-state index is 13.3. The first-order valence-electron chi connectivity index (χ1n) is 12.1. The molecule has 1 atom stereocenters. The molecule has 0 saturated carbocycles. The number of anilines is 1. The normalized spacial score (nSPS) is 12.5. The zero-order valence-corrected chi connectivity index (χ0v) is 23.0. The molecule has 0 fully saturated rings. The molecular formula is C27H39N3O5S. The van der Waals surface area contributed by atoms with E-state index in [1.165, 1.54) is 11.4 Å². The number of carbonyl (C=O) groups excluding carboxylic acids is 2. The molecular weight excluding hydrogens is 478 g/mol. The first-order chi connectivity index (χ1) is 16.8. The summed E-state index contributed by atoms with van der Waals surface area (Å²) in [5.74, 6) is 0.0119. The van der Waals surface area contributed by atoms with Gasteiger partial charge in [-0.1, -0.05) is 42.5 Å². The van der Waals surface area contributed by atoms with Gasteiger partial charge in [0.05, 0.1) is 19.1 Å². The van der Waals surface area contributed by atoms with Crippen LogP contribution in [0.2, 0.25) is 0 Å². The van der Waals surface area contributed by atoms with Gasteiger partial charge in [0, 0.05) is 25.0 Å². The van der Waals surface area contributed by atoms with E-state index in [2.05, 4.69) is 5.32 Å². The van der Waals surface area contributed by atoms with Gasteiger partial charge in [0.1, 0.15) is 11.8 Å². The molecule has 2 aromatic carbocycles. The third kappa shape index (κ3) is 8.86. The fraction of sp³-hybridized carbons (Fsp3) is 0.481. The summed E-state index contributed by atoms with van der Waals surface area (Å²) in [4.78, 5) is 27.8. The lowest BCUT2D eigenvalue weighted by molar-refractivity contribution is -0.140. The highest BCUT2D eigenvalue weighted by atomic mass is 32.2. The molecule has 0 heterocycles. The minimum atomic E-state index is -3.60. The second-order valence-corrected chi connectivity index (χ2v) is 11.8. The monoisotopic (exact) mass is 517 g/mol. The molecule has 0 aliphatic heterocycles. The topological polar surface area (TPSA) is 96.0 Å². The van der Waals surface area contributed by atoms with Gasteiger partial charge in [0.2, 0.25) is 21.8 Å². The van der Waals surface area contributed by atoms with Crippen LogP contribution < -0.4 is 14.4 Å². The number of para-hydroxylation sites is 2. The molecule has 0 saturated heterocycles. The first-order valence-corrected chi connectivity index (χ1v) is 13.9. The van der Waals surface area contributed by atoms with E-state index in [4.69, 9.17) is 4.74 Å².